The Morgan fingerprint density at radius 3 is 3.25 bits per heavy atom. The van der Waals surface area contributed by atoms with Gasteiger partial charge in [0.15, 0.2) is 11.5 Å². The average molecular weight is 218 g/mol. The summed E-state index contributed by atoms with van der Waals surface area (Å²) in [6, 6.07) is 0. The number of aliphatic hydroxyl groups excluding tert-OH is 1. The summed E-state index contributed by atoms with van der Waals surface area (Å²) in [4.78, 5) is 14.6. The molecule has 2 heterocycles. The monoisotopic (exact) mass is 218 g/mol. The summed E-state index contributed by atoms with van der Waals surface area (Å²) in [5, 5.41) is 12.5. The van der Waals surface area contributed by atoms with Gasteiger partial charge < -0.3 is 15.4 Å². The Bertz CT molecular complexity index is 507. The number of imidazole rings is 1. The van der Waals surface area contributed by atoms with Crippen molar-refractivity contribution >= 4 is 17.0 Å². The fourth-order valence-corrected chi connectivity index (χ4v) is 1.37. The highest BCUT2D eigenvalue weighted by Gasteiger charge is 2.10. The third-order valence-electron chi connectivity index (χ3n) is 2.02. The van der Waals surface area contributed by atoms with Gasteiger partial charge in [0.1, 0.15) is 11.7 Å². The maximum Gasteiger partial charge on any atom is 0.202 e. The number of aromatic nitrogens is 4. The summed E-state index contributed by atoms with van der Waals surface area (Å²) in [6.45, 7) is 5.58. The van der Waals surface area contributed by atoms with Crippen molar-refractivity contribution in [2.45, 2.75) is 19.6 Å². The van der Waals surface area contributed by atoms with Crippen LogP contribution in [0.3, 0.4) is 0 Å². The minimum Gasteiger partial charge on any atom is -0.373 e. The molecule has 0 aromatic carbocycles. The van der Waals surface area contributed by atoms with E-state index in [4.69, 9.17) is 0 Å². The molecule has 83 valence electrons. The Morgan fingerprint density at radius 1 is 1.69 bits per heavy atom. The lowest BCUT2D eigenvalue weighted by atomic mass is 10.2. The zero-order valence-corrected chi connectivity index (χ0v) is 8.86. The maximum absolute atomic E-state index is 9.69. The molecule has 0 amide bonds. The summed E-state index contributed by atoms with van der Waals surface area (Å²) in [6.07, 6.45) is 3.72. The largest absolute Gasteiger partial charge is 0.373 e. The second-order valence-corrected chi connectivity index (χ2v) is 3.59. The second kappa shape index (κ2) is 4.28. The average Bonchev–Trinajstić information content (AvgIpc) is 2.65. The van der Waals surface area contributed by atoms with Gasteiger partial charge in [0, 0.05) is 6.42 Å². The predicted octanol–water partition coefficient (Wildman–Crippen LogP) is 0.850. The number of aromatic amines is 1. The first-order valence-electron chi connectivity index (χ1n) is 4.83. The molecule has 1 atom stereocenters. The van der Waals surface area contributed by atoms with E-state index in [0.717, 1.165) is 5.57 Å². The molecule has 1 unspecified atom stereocenters. The predicted molar refractivity (Wildman–Crippen MR) is 59.6 cm³/mol. The molecular formula is C10H12N5O. The number of H-pyrrole nitrogens is 1. The van der Waals surface area contributed by atoms with Crippen LogP contribution >= 0.6 is 0 Å². The van der Waals surface area contributed by atoms with Crippen LogP contribution in [0.25, 0.3) is 11.2 Å². The van der Waals surface area contributed by atoms with E-state index in [0.29, 0.717) is 23.4 Å². The maximum atomic E-state index is 9.69. The molecule has 2 rings (SSSR count). The molecule has 1 radical (unpaired) electrons. The Labute approximate surface area is 92.5 Å². The third-order valence-corrected chi connectivity index (χ3v) is 2.02. The van der Waals surface area contributed by atoms with Crippen LogP contribution < -0.4 is 5.32 Å². The van der Waals surface area contributed by atoms with Gasteiger partial charge >= 0.3 is 0 Å². The van der Waals surface area contributed by atoms with Crippen molar-refractivity contribution in [3.8, 4) is 0 Å². The van der Waals surface area contributed by atoms with Gasteiger partial charge in [-0.3, -0.25) is 0 Å². The molecule has 6 nitrogen and oxygen atoms in total. The lowest BCUT2D eigenvalue weighted by Crippen LogP contribution is -2.19. The van der Waals surface area contributed by atoms with Gasteiger partial charge in [-0.15, -0.1) is 0 Å². The summed E-state index contributed by atoms with van der Waals surface area (Å²) in [5.74, 6) is 0.483. The summed E-state index contributed by atoms with van der Waals surface area (Å²) in [5.41, 5.74) is 2.05. The van der Waals surface area contributed by atoms with E-state index in [1.54, 1.807) is 0 Å². The Kier molecular flexibility index (Phi) is 2.82. The van der Waals surface area contributed by atoms with Gasteiger partial charge in [0.25, 0.3) is 0 Å². The second-order valence-electron chi connectivity index (χ2n) is 3.59. The minimum atomic E-state index is -0.729. The standard InChI is InChI=1S/C10H12N5O/c1-6(2)3-7(16)15-10-8-9(12-4-11-8)13-5-14-10/h4,7,16H,1,3H2,2H3,(H2,11,12,13,14,15). The Balaban J connectivity index is 2.20. The van der Waals surface area contributed by atoms with Crippen molar-refractivity contribution in [1.29, 1.82) is 0 Å². The third kappa shape index (κ3) is 2.17. The van der Waals surface area contributed by atoms with E-state index >= 15 is 0 Å². The fraction of sp³-hybridized carbons (Fsp3) is 0.300. The number of hydrogen-bond donors (Lipinski definition) is 3. The van der Waals surface area contributed by atoms with Crippen molar-refractivity contribution in [1.82, 2.24) is 19.9 Å². The smallest absolute Gasteiger partial charge is 0.202 e. The topological polar surface area (TPSA) is 86.7 Å². The van der Waals surface area contributed by atoms with Crippen molar-refractivity contribution in [3.63, 3.8) is 0 Å². The van der Waals surface area contributed by atoms with Crippen LogP contribution in [0.4, 0.5) is 5.82 Å². The molecule has 2 aromatic rings. The first kappa shape index (κ1) is 10.6. The van der Waals surface area contributed by atoms with Crippen molar-refractivity contribution in [2.24, 2.45) is 0 Å². The van der Waals surface area contributed by atoms with Crippen LogP contribution in [0.5, 0.6) is 0 Å². The number of nitrogens with zero attached hydrogens (tertiary/aromatic N) is 3. The zero-order valence-electron chi connectivity index (χ0n) is 8.86. The van der Waals surface area contributed by atoms with Crippen molar-refractivity contribution < 1.29 is 5.11 Å². The summed E-state index contributed by atoms with van der Waals surface area (Å²) < 4.78 is 0. The van der Waals surface area contributed by atoms with Crippen LogP contribution in [0.1, 0.15) is 13.3 Å². The first-order chi connectivity index (χ1) is 7.66. The minimum absolute atomic E-state index is 0.458. The SMILES string of the molecule is C=C(C)CC(O)Nc1n[c]nc2nc[nH]c12. The molecule has 0 saturated carbocycles. The van der Waals surface area contributed by atoms with Crippen LogP contribution in [-0.4, -0.2) is 31.3 Å². The molecule has 0 spiro atoms. The molecular weight excluding hydrogens is 206 g/mol. The number of fused-ring (bicyclic) bond motifs is 1. The highest BCUT2D eigenvalue weighted by atomic mass is 16.3. The number of anilines is 1. The molecule has 2 aromatic heterocycles. The van der Waals surface area contributed by atoms with E-state index in [1.165, 1.54) is 6.33 Å². The van der Waals surface area contributed by atoms with E-state index in [9.17, 15) is 5.11 Å². The fourth-order valence-electron chi connectivity index (χ4n) is 1.37. The Morgan fingerprint density at radius 2 is 2.50 bits per heavy atom. The highest BCUT2D eigenvalue weighted by molar-refractivity contribution is 5.81. The van der Waals surface area contributed by atoms with Crippen LogP contribution in [-0.2, 0) is 0 Å². The van der Waals surface area contributed by atoms with Gasteiger partial charge in [0.05, 0.1) is 6.33 Å². The van der Waals surface area contributed by atoms with Crippen molar-refractivity contribution in [2.75, 3.05) is 5.32 Å². The number of aliphatic hydroxyl groups is 1. The van der Waals surface area contributed by atoms with E-state index in [1.807, 2.05) is 6.92 Å². The zero-order chi connectivity index (χ0) is 11.5. The molecule has 0 saturated heterocycles. The van der Waals surface area contributed by atoms with Gasteiger partial charge in [-0.05, 0) is 6.92 Å². The highest BCUT2D eigenvalue weighted by Crippen LogP contribution is 2.15. The van der Waals surface area contributed by atoms with Crippen LogP contribution in [0.2, 0.25) is 0 Å². The van der Waals surface area contributed by atoms with Gasteiger partial charge in [0.2, 0.25) is 6.33 Å². The van der Waals surface area contributed by atoms with Crippen LogP contribution in [0.15, 0.2) is 18.5 Å². The van der Waals surface area contributed by atoms with Gasteiger partial charge in [-0.1, -0.05) is 12.2 Å². The van der Waals surface area contributed by atoms with E-state index in [-0.39, 0.29) is 0 Å². The quantitative estimate of drug-likeness (QED) is 0.523. The molecule has 0 fully saturated rings. The summed E-state index contributed by atoms with van der Waals surface area (Å²) in [7, 11) is 0. The van der Waals surface area contributed by atoms with Gasteiger partial charge in [-0.25, -0.2) is 15.0 Å². The number of hydrogen-bond acceptors (Lipinski definition) is 5. The number of rotatable bonds is 4. The van der Waals surface area contributed by atoms with Crippen molar-refractivity contribution in [3.05, 3.63) is 24.8 Å². The first-order valence-corrected chi connectivity index (χ1v) is 4.83. The molecule has 0 aliphatic carbocycles. The molecule has 16 heavy (non-hydrogen) atoms. The lowest BCUT2D eigenvalue weighted by molar-refractivity contribution is 0.203. The normalized spacial score (nSPS) is 12.6. The lowest BCUT2D eigenvalue weighted by Gasteiger charge is -2.12. The molecule has 6 heteroatoms. The molecule has 0 aliphatic heterocycles. The molecule has 0 aliphatic rings. The summed E-state index contributed by atoms with van der Waals surface area (Å²) >= 11 is 0. The van der Waals surface area contributed by atoms with E-state index in [2.05, 4.69) is 38.2 Å². The van der Waals surface area contributed by atoms with Gasteiger partial charge in [-0.2, -0.15) is 0 Å². The van der Waals surface area contributed by atoms with Crippen LogP contribution in [0, 0.1) is 6.33 Å². The molecule has 3 N–H and O–H groups in total. The molecule has 0 bridgehead atoms. The Hall–Kier alpha value is -1.95. The number of nitrogens with one attached hydrogen (secondary N) is 2. The van der Waals surface area contributed by atoms with E-state index < -0.39 is 6.23 Å².